The molecule has 3 heterocycles. The zero-order valence-corrected chi connectivity index (χ0v) is 27.6. The van der Waals surface area contributed by atoms with Crippen LogP contribution in [0.1, 0.15) is 11.6 Å². The van der Waals surface area contributed by atoms with E-state index in [-0.39, 0.29) is 22.6 Å². The van der Waals surface area contributed by atoms with E-state index in [0.29, 0.717) is 34.0 Å². The van der Waals surface area contributed by atoms with Crippen LogP contribution < -0.4 is 10.9 Å². The molecule has 0 aliphatic rings. The number of aliphatic hydroxyl groups is 1. The maximum atomic E-state index is 13.8. The topological polar surface area (TPSA) is 207 Å². The van der Waals surface area contributed by atoms with E-state index in [4.69, 9.17) is 20.7 Å². The minimum Gasteiger partial charge on any atom is -0.394 e. The van der Waals surface area contributed by atoms with E-state index in [1.807, 2.05) is 0 Å². The number of fused-ring (bicyclic) bond motifs is 1. The Balaban J connectivity index is 0.000000221. The molecule has 49 heavy (non-hydrogen) atoms. The Bertz CT molecular complexity index is 2460. The summed E-state index contributed by atoms with van der Waals surface area (Å²) in [4.78, 5) is 19.8. The molecule has 6 rings (SSSR count). The molecule has 254 valence electrons. The van der Waals surface area contributed by atoms with Crippen molar-refractivity contribution in [3.8, 4) is 11.3 Å². The van der Waals surface area contributed by atoms with Crippen LogP contribution in [0.3, 0.4) is 0 Å². The number of nitrogens with zero attached hydrogens (tertiary/aromatic N) is 5. The van der Waals surface area contributed by atoms with Crippen LogP contribution in [0.15, 0.2) is 112 Å². The molecule has 6 aromatic rings. The van der Waals surface area contributed by atoms with Crippen LogP contribution in [0, 0.1) is 5.82 Å². The van der Waals surface area contributed by atoms with Crippen molar-refractivity contribution in [3.63, 3.8) is 0 Å². The van der Waals surface area contributed by atoms with Crippen molar-refractivity contribution in [1.82, 2.24) is 24.3 Å². The predicted molar refractivity (Wildman–Crippen MR) is 178 cm³/mol. The number of aryl methyl sites for hydroxylation is 1. The second-order valence-corrected chi connectivity index (χ2v) is 13.5. The smallest absolute Gasteiger partial charge is 0.296 e. The molecule has 0 aliphatic carbocycles. The van der Waals surface area contributed by atoms with Gasteiger partial charge in [0.25, 0.3) is 25.8 Å². The Labute approximate surface area is 283 Å². The largest absolute Gasteiger partial charge is 0.394 e. The number of benzene rings is 3. The van der Waals surface area contributed by atoms with Gasteiger partial charge in [0, 0.05) is 42.5 Å². The van der Waals surface area contributed by atoms with Crippen LogP contribution in [0.2, 0.25) is 5.02 Å². The summed E-state index contributed by atoms with van der Waals surface area (Å²) in [6.07, 6.45) is 4.77. The highest BCUT2D eigenvalue weighted by Gasteiger charge is 2.26. The molecule has 3 aromatic heterocycles. The Morgan fingerprint density at radius 1 is 0.939 bits per heavy atom. The summed E-state index contributed by atoms with van der Waals surface area (Å²) < 4.78 is 79.8. The Kier molecular flexibility index (Phi) is 10.2. The van der Waals surface area contributed by atoms with E-state index in [0.717, 1.165) is 6.07 Å². The minimum absolute atomic E-state index is 0.0233. The third kappa shape index (κ3) is 7.99. The molecule has 0 fully saturated rings. The summed E-state index contributed by atoms with van der Waals surface area (Å²) in [5.41, 5.74) is 1.19. The van der Waals surface area contributed by atoms with Crippen LogP contribution in [0.25, 0.3) is 22.0 Å². The first kappa shape index (κ1) is 35.3. The number of pyridine rings is 1. The first-order chi connectivity index (χ1) is 23.2. The van der Waals surface area contributed by atoms with Crippen molar-refractivity contribution in [2.45, 2.75) is 15.8 Å². The van der Waals surface area contributed by atoms with Crippen LogP contribution in [0.5, 0.6) is 0 Å². The molecule has 1 atom stereocenters. The van der Waals surface area contributed by atoms with Crippen molar-refractivity contribution in [3.05, 3.63) is 124 Å². The maximum absolute atomic E-state index is 13.8. The molecule has 0 aliphatic heterocycles. The molecule has 4 N–H and O–H groups in total. The first-order valence-corrected chi connectivity index (χ1v) is 17.3. The lowest BCUT2D eigenvalue weighted by Gasteiger charge is -2.18. The van der Waals surface area contributed by atoms with Crippen LogP contribution in [0.4, 0.5) is 16.2 Å². The van der Waals surface area contributed by atoms with Gasteiger partial charge in [0.2, 0.25) is 5.95 Å². The number of hydrogen-bond donors (Lipinski definition) is 4. The fourth-order valence-corrected chi connectivity index (χ4v) is 6.98. The van der Waals surface area contributed by atoms with Crippen molar-refractivity contribution in [1.29, 1.82) is 0 Å². The molecule has 3 aromatic carbocycles. The van der Waals surface area contributed by atoms with Crippen molar-refractivity contribution >= 4 is 54.4 Å². The van der Waals surface area contributed by atoms with Gasteiger partial charge in [-0.2, -0.15) is 21.9 Å². The highest BCUT2D eigenvalue weighted by Crippen LogP contribution is 2.30. The van der Waals surface area contributed by atoms with Gasteiger partial charge in [-0.3, -0.25) is 18.6 Å². The maximum Gasteiger partial charge on any atom is 0.296 e. The number of halogens is 2. The molecular weight excluding hydrogens is 703 g/mol. The average molecular weight is 729 g/mol. The zero-order chi connectivity index (χ0) is 35.5. The molecule has 0 saturated heterocycles. The van der Waals surface area contributed by atoms with Gasteiger partial charge in [-0.15, -0.1) is 0 Å². The number of nitrogens with one attached hydrogen (secondary N) is 1. The molecular formula is C31H26ClFN6O8S2. The standard InChI is InChI=1S/C21H18ClFN6O2.C10H8O6S2/c1-28-19(5-8-25-28)27-21-24-7-4-17(26-21)13-6-9-29(20(31)11-13)18(12-30)14-2-3-15(22)16(23)10-14;11-17(12,13)9-6-5-7-3-1-2-4-8(7)10(9)18(14,15)16/h2-11,18,30H,12H2,1H3,(H,24,26,27);1-6H,(H,11,12,13)(H,14,15,16)/t18-;/m1./s1. The first-order valence-electron chi connectivity index (χ1n) is 14.0. The molecule has 0 bridgehead atoms. The highest BCUT2D eigenvalue weighted by molar-refractivity contribution is 7.89. The number of aromatic nitrogens is 5. The predicted octanol–water partition coefficient (Wildman–Crippen LogP) is 4.49. The average Bonchev–Trinajstić information content (AvgIpc) is 3.46. The van der Waals surface area contributed by atoms with E-state index < -0.39 is 41.9 Å². The van der Waals surface area contributed by atoms with Gasteiger partial charge in [0.1, 0.15) is 21.4 Å². The monoisotopic (exact) mass is 728 g/mol. The Morgan fingerprint density at radius 3 is 2.33 bits per heavy atom. The number of hydrogen-bond acceptors (Lipinski definition) is 10. The van der Waals surface area contributed by atoms with E-state index in [1.54, 1.807) is 66.7 Å². The van der Waals surface area contributed by atoms with E-state index in [9.17, 15) is 31.1 Å². The van der Waals surface area contributed by atoms with Crippen molar-refractivity contribution in [2.24, 2.45) is 7.05 Å². The second kappa shape index (κ2) is 14.2. The Morgan fingerprint density at radius 2 is 1.69 bits per heavy atom. The summed E-state index contributed by atoms with van der Waals surface area (Å²) in [5.74, 6) is 0.459. The van der Waals surface area contributed by atoms with E-state index in [2.05, 4.69) is 20.4 Å². The van der Waals surface area contributed by atoms with Crippen LogP contribution >= 0.6 is 11.6 Å². The lowest BCUT2D eigenvalue weighted by molar-refractivity contribution is 0.247. The van der Waals surface area contributed by atoms with Crippen LogP contribution in [-0.4, -0.2) is 62.0 Å². The molecule has 0 saturated carbocycles. The van der Waals surface area contributed by atoms with Gasteiger partial charge in [0.15, 0.2) is 0 Å². The van der Waals surface area contributed by atoms with E-state index >= 15 is 0 Å². The summed E-state index contributed by atoms with van der Waals surface area (Å²) in [7, 11) is -7.74. The Hall–Kier alpha value is -5.04. The summed E-state index contributed by atoms with van der Waals surface area (Å²) >= 11 is 5.73. The third-order valence-corrected chi connectivity index (χ3v) is 9.46. The number of anilines is 2. The number of aliphatic hydroxyl groups excluding tert-OH is 1. The zero-order valence-electron chi connectivity index (χ0n) is 25.2. The fraction of sp³-hybridized carbons (Fsp3) is 0.0968. The highest BCUT2D eigenvalue weighted by atomic mass is 35.5. The van der Waals surface area contributed by atoms with Crippen molar-refractivity contribution in [2.75, 3.05) is 11.9 Å². The summed E-state index contributed by atoms with van der Waals surface area (Å²) in [6, 6.07) is 18.3. The molecule has 18 heteroatoms. The van der Waals surface area contributed by atoms with Crippen LogP contribution in [-0.2, 0) is 27.3 Å². The van der Waals surface area contributed by atoms with Crippen molar-refractivity contribution < 1.29 is 35.4 Å². The third-order valence-electron chi connectivity index (χ3n) is 7.18. The lowest BCUT2D eigenvalue weighted by Crippen LogP contribution is -2.27. The molecule has 0 unspecified atom stereocenters. The van der Waals surface area contributed by atoms with Gasteiger partial charge < -0.3 is 15.0 Å². The normalized spacial score (nSPS) is 12.3. The second-order valence-electron chi connectivity index (χ2n) is 10.3. The fourth-order valence-electron chi connectivity index (χ4n) is 4.86. The molecule has 0 radical (unpaired) electrons. The molecule has 0 spiro atoms. The van der Waals surface area contributed by atoms with Gasteiger partial charge in [-0.1, -0.05) is 48.0 Å². The number of rotatable bonds is 8. The molecule has 14 nitrogen and oxygen atoms in total. The SMILES string of the molecule is Cn1nccc1Nc1nccc(-c2ccn([C@H](CO)c3ccc(Cl)c(F)c3)c(=O)c2)n1.O=S(=O)(O)c1ccc2ccccc2c1S(=O)(=O)O. The van der Waals surface area contributed by atoms with Gasteiger partial charge in [0.05, 0.1) is 29.6 Å². The van der Waals surface area contributed by atoms with E-state index in [1.165, 1.54) is 41.0 Å². The summed E-state index contributed by atoms with van der Waals surface area (Å²) in [5, 5.41) is 17.4. The molecule has 0 amide bonds. The minimum atomic E-state index is -4.78. The van der Waals surface area contributed by atoms with Gasteiger partial charge in [-0.25, -0.2) is 14.4 Å². The lowest BCUT2D eigenvalue weighted by atomic mass is 10.1. The van der Waals surface area contributed by atoms with Gasteiger partial charge >= 0.3 is 0 Å². The summed E-state index contributed by atoms with van der Waals surface area (Å²) in [6.45, 7) is -0.382. The quantitative estimate of drug-likeness (QED) is 0.160. The van der Waals surface area contributed by atoms with Gasteiger partial charge in [-0.05, 0) is 41.3 Å².